The molecule has 2 fully saturated rings. The lowest BCUT2D eigenvalue weighted by molar-refractivity contribution is -0.133. The Bertz CT molecular complexity index is 255. The standard InChI is InChI=1S/C14H26N2O/c1-11(2)10-16(13-3-4-13)14(17)9-12-5-7-15-8-6-12/h11-13,15H,3-10H2,1-2H3. The number of hydrogen-bond donors (Lipinski definition) is 1. The number of carbonyl (C=O) groups excluding carboxylic acids is 1. The highest BCUT2D eigenvalue weighted by Gasteiger charge is 2.33. The van der Waals surface area contributed by atoms with Crippen molar-refractivity contribution in [3.63, 3.8) is 0 Å². The van der Waals surface area contributed by atoms with Crippen LogP contribution in [0.3, 0.4) is 0 Å². The lowest BCUT2D eigenvalue weighted by Crippen LogP contribution is -2.38. The van der Waals surface area contributed by atoms with Gasteiger partial charge in [0.25, 0.3) is 0 Å². The summed E-state index contributed by atoms with van der Waals surface area (Å²) < 4.78 is 0. The molecule has 1 heterocycles. The van der Waals surface area contributed by atoms with Crippen molar-refractivity contribution in [1.29, 1.82) is 0 Å². The van der Waals surface area contributed by atoms with E-state index in [0.29, 0.717) is 23.8 Å². The van der Waals surface area contributed by atoms with Gasteiger partial charge in [0.1, 0.15) is 0 Å². The molecule has 1 amide bonds. The molecule has 2 aliphatic rings. The van der Waals surface area contributed by atoms with Crippen molar-refractivity contribution in [2.24, 2.45) is 11.8 Å². The maximum absolute atomic E-state index is 12.3. The number of amides is 1. The first-order valence-corrected chi connectivity index (χ1v) is 7.17. The summed E-state index contributed by atoms with van der Waals surface area (Å²) in [5.41, 5.74) is 0. The van der Waals surface area contributed by atoms with Gasteiger partial charge in [-0.05, 0) is 50.6 Å². The van der Waals surface area contributed by atoms with Crippen molar-refractivity contribution in [2.45, 2.75) is 52.0 Å². The fraction of sp³-hybridized carbons (Fsp3) is 0.929. The molecule has 3 nitrogen and oxygen atoms in total. The Balaban J connectivity index is 1.82. The van der Waals surface area contributed by atoms with Crippen LogP contribution in [0, 0.1) is 11.8 Å². The zero-order chi connectivity index (χ0) is 12.3. The highest BCUT2D eigenvalue weighted by molar-refractivity contribution is 5.77. The van der Waals surface area contributed by atoms with Crippen molar-refractivity contribution >= 4 is 5.91 Å². The van der Waals surface area contributed by atoms with Crippen LogP contribution in [0.15, 0.2) is 0 Å². The Labute approximate surface area is 105 Å². The summed E-state index contributed by atoms with van der Waals surface area (Å²) in [6.45, 7) is 7.53. The second kappa shape index (κ2) is 5.85. The van der Waals surface area contributed by atoms with Crippen LogP contribution < -0.4 is 5.32 Å². The van der Waals surface area contributed by atoms with Gasteiger partial charge in [0.15, 0.2) is 0 Å². The second-order valence-corrected chi connectivity index (χ2v) is 6.07. The zero-order valence-corrected chi connectivity index (χ0v) is 11.2. The Morgan fingerprint density at radius 2 is 1.88 bits per heavy atom. The highest BCUT2D eigenvalue weighted by atomic mass is 16.2. The molecular formula is C14H26N2O. The van der Waals surface area contributed by atoms with E-state index in [1.807, 2.05) is 0 Å². The maximum Gasteiger partial charge on any atom is 0.223 e. The number of piperidine rings is 1. The predicted octanol–water partition coefficient (Wildman–Crippen LogP) is 2.02. The molecule has 0 aromatic rings. The van der Waals surface area contributed by atoms with E-state index in [1.165, 1.54) is 25.7 Å². The topological polar surface area (TPSA) is 32.3 Å². The fourth-order valence-electron chi connectivity index (χ4n) is 2.68. The maximum atomic E-state index is 12.3. The van der Waals surface area contributed by atoms with E-state index in [2.05, 4.69) is 24.1 Å². The first-order chi connectivity index (χ1) is 8.16. The lowest BCUT2D eigenvalue weighted by Gasteiger charge is -2.28. The molecule has 0 aromatic heterocycles. The number of carbonyl (C=O) groups is 1. The quantitative estimate of drug-likeness (QED) is 0.795. The first kappa shape index (κ1) is 12.9. The molecule has 0 atom stereocenters. The van der Waals surface area contributed by atoms with Crippen LogP contribution in [0.5, 0.6) is 0 Å². The molecule has 1 aliphatic carbocycles. The normalized spacial score (nSPS) is 21.8. The smallest absolute Gasteiger partial charge is 0.223 e. The predicted molar refractivity (Wildman–Crippen MR) is 69.8 cm³/mol. The molecule has 1 N–H and O–H groups in total. The van der Waals surface area contributed by atoms with Crippen molar-refractivity contribution in [2.75, 3.05) is 19.6 Å². The average Bonchev–Trinajstić information content (AvgIpc) is 3.10. The molecule has 0 spiro atoms. The average molecular weight is 238 g/mol. The Morgan fingerprint density at radius 3 is 2.41 bits per heavy atom. The Hall–Kier alpha value is -0.570. The fourth-order valence-corrected chi connectivity index (χ4v) is 2.68. The highest BCUT2D eigenvalue weighted by Crippen LogP contribution is 2.29. The van der Waals surface area contributed by atoms with Crippen LogP contribution >= 0.6 is 0 Å². The molecule has 98 valence electrons. The van der Waals surface area contributed by atoms with E-state index in [1.54, 1.807) is 0 Å². The molecule has 17 heavy (non-hydrogen) atoms. The van der Waals surface area contributed by atoms with Crippen LogP contribution in [0.2, 0.25) is 0 Å². The van der Waals surface area contributed by atoms with Crippen LogP contribution in [-0.4, -0.2) is 36.5 Å². The van der Waals surface area contributed by atoms with Gasteiger partial charge in [0.05, 0.1) is 0 Å². The summed E-state index contributed by atoms with van der Waals surface area (Å²) in [7, 11) is 0. The minimum absolute atomic E-state index is 0.410. The monoisotopic (exact) mass is 238 g/mol. The van der Waals surface area contributed by atoms with E-state index < -0.39 is 0 Å². The molecule has 1 saturated heterocycles. The van der Waals surface area contributed by atoms with Crippen LogP contribution in [0.25, 0.3) is 0 Å². The summed E-state index contributed by atoms with van der Waals surface area (Å²) in [5, 5.41) is 3.36. The van der Waals surface area contributed by atoms with Gasteiger partial charge in [-0.1, -0.05) is 13.8 Å². The van der Waals surface area contributed by atoms with E-state index in [9.17, 15) is 4.79 Å². The molecular weight excluding hydrogens is 212 g/mol. The van der Waals surface area contributed by atoms with Crippen molar-refractivity contribution in [1.82, 2.24) is 10.2 Å². The van der Waals surface area contributed by atoms with E-state index >= 15 is 0 Å². The summed E-state index contributed by atoms with van der Waals surface area (Å²) >= 11 is 0. The molecule has 1 aliphatic heterocycles. The molecule has 0 bridgehead atoms. The molecule has 2 rings (SSSR count). The third-order valence-electron chi connectivity index (χ3n) is 3.79. The van der Waals surface area contributed by atoms with Gasteiger partial charge < -0.3 is 10.2 Å². The van der Waals surface area contributed by atoms with Crippen molar-refractivity contribution in [3.05, 3.63) is 0 Å². The van der Waals surface area contributed by atoms with Crippen LogP contribution in [0.4, 0.5) is 0 Å². The Morgan fingerprint density at radius 1 is 1.24 bits per heavy atom. The van der Waals surface area contributed by atoms with E-state index in [4.69, 9.17) is 0 Å². The minimum atomic E-state index is 0.410. The summed E-state index contributed by atoms with van der Waals surface area (Å²) in [6, 6.07) is 0.576. The molecule has 3 heteroatoms. The van der Waals surface area contributed by atoms with E-state index in [-0.39, 0.29) is 0 Å². The molecule has 0 unspecified atom stereocenters. The third-order valence-corrected chi connectivity index (χ3v) is 3.79. The summed E-state index contributed by atoms with van der Waals surface area (Å²) in [5.74, 6) is 1.62. The van der Waals surface area contributed by atoms with Gasteiger partial charge in [0, 0.05) is 19.0 Å². The van der Waals surface area contributed by atoms with Gasteiger partial charge >= 0.3 is 0 Å². The molecule has 1 saturated carbocycles. The second-order valence-electron chi connectivity index (χ2n) is 6.07. The third kappa shape index (κ3) is 3.98. The van der Waals surface area contributed by atoms with Gasteiger partial charge in [-0.25, -0.2) is 0 Å². The minimum Gasteiger partial charge on any atom is -0.339 e. The van der Waals surface area contributed by atoms with Crippen molar-refractivity contribution < 1.29 is 4.79 Å². The van der Waals surface area contributed by atoms with Crippen LogP contribution in [-0.2, 0) is 4.79 Å². The Kier molecular flexibility index (Phi) is 4.43. The van der Waals surface area contributed by atoms with Gasteiger partial charge in [-0.2, -0.15) is 0 Å². The number of rotatable bonds is 5. The van der Waals surface area contributed by atoms with Gasteiger partial charge in [0.2, 0.25) is 5.91 Å². The lowest BCUT2D eigenvalue weighted by atomic mass is 9.94. The molecule has 0 radical (unpaired) electrons. The number of nitrogens with one attached hydrogen (secondary N) is 1. The first-order valence-electron chi connectivity index (χ1n) is 7.17. The van der Waals surface area contributed by atoms with Crippen molar-refractivity contribution in [3.8, 4) is 0 Å². The largest absolute Gasteiger partial charge is 0.339 e. The zero-order valence-electron chi connectivity index (χ0n) is 11.2. The number of hydrogen-bond acceptors (Lipinski definition) is 2. The van der Waals surface area contributed by atoms with Crippen LogP contribution in [0.1, 0.15) is 46.0 Å². The SMILES string of the molecule is CC(C)CN(C(=O)CC1CCNCC1)C1CC1. The van der Waals surface area contributed by atoms with Gasteiger partial charge in [-0.3, -0.25) is 4.79 Å². The van der Waals surface area contributed by atoms with Gasteiger partial charge in [-0.15, -0.1) is 0 Å². The van der Waals surface area contributed by atoms with E-state index in [0.717, 1.165) is 26.1 Å². The molecule has 0 aromatic carbocycles. The number of nitrogens with zero attached hydrogens (tertiary/aromatic N) is 1. The summed E-state index contributed by atoms with van der Waals surface area (Å²) in [6.07, 6.45) is 5.58. The summed E-state index contributed by atoms with van der Waals surface area (Å²) in [4.78, 5) is 14.5.